The summed E-state index contributed by atoms with van der Waals surface area (Å²) in [5, 5.41) is 2.82. The van der Waals surface area contributed by atoms with E-state index < -0.39 is 10.0 Å². The van der Waals surface area contributed by atoms with Crippen molar-refractivity contribution in [2.45, 2.75) is 24.7 Å². The van der Waals surface area contributed by atoms with Gasteiger partial charge in [-0.3, -0.25) is 4.79 Å². The highest BCUT2D eigenvalue weighted by Crippen LogP contribution is 2.16. The molecule has 7 heteroatoms. The molecule has 2 rings (SSSR count). The van der Waals surface area contributed by atoms with Gasteiger partial charge < -0.3 is 5.32 Å². The summed E-state index contributed by atoms with van der Waals surface area (Å²) in [4.78, 5) is 12.2. The van der Waals surface area contributed by atoms with Crippen molar-refractivity contribution in [3.63, 3.8) is 0 Å². The smallest absolute Gasteiger partial charge is 0.242 e. The second-order valence-corrected chi connectivity index (χ2v) is 9.09. The van der Waals surface area contributed by atoms with Gasteiger partial charge in [-0.25, -0.2) is 12.7 Å². The van der Waals surface area contributed by atoms with Crippen LogP contribution in [0.2, 0.25) is 0 Å². The molecule has 0 saturated heterocycles. The molecule has 0 unspecified atom stereocenters. The second-order valence-electron chi connectivity index (χ2n) is 5.80. The number of sulfonamides is 1. The minimum Gasteiger partial charge on any atom is -0.326 e. The summed E-state index contributed by atoms with van der Waals surface area (Å²) < 4.78 is 27.3. The number of aryl methyl sites for hydroxylation is 1. The summed E-state index contributed by atoms with van der Waals surface area (Å²) in [7, 11) is -1.98. The Kier molecular flexibility index (Phi) is 6.97. The predicted molar refractivity (Wildman–Crippen MR) is 108 cm³/mol. The summed E-state index contributed by atoms with van der Waals surface area (Å²) in [6, 6.07) is 14.3. The molecule has 134 valence electrons. The van der Waals surface area contributed by atoms with Crippen molar-refractivity contribution >= 4 is 44.2 Å². The molecule has 25 heavy (non-hydrogen) atoms. The van der Waals surface area contributed by atoms with E-state index in [1.165, 1.54) is 11.4 Å². The van der Waals surface area contributed by atoms with E-state index in [9.17, 15) is 13.2 Å². The van der Waals surface area contributed by atoms with Crippen LogP contribution in [0.15, 0.2) is 53.4 Å². The number of carbonyl (C=O) groups is 1. The van der Waals surface area contributed by atoms with E-state index in [2.05, 4.69) is 27.9 Å². The Bertz CT molecular complexity index is 836. The van der Waals surface area contributed by atoms with Crippen molar-refractivity contribution in [3.05, 3.63) is 57.7 Å². The number of carbonyl (C=O) groups excluding carboxylic acids is 1. The van der Waals surface area contributed by atoms with Gasteiger partial charge in [0.25, 0.3) is 0 Å². The van der Waals surface area contributed by atoms with Gasteiger partial charge in [0.2, 0.25) is 15.9 Å². The van der Waals surface area contributed by atoms with Gasteiger partial charge in [0.05, 0.1) is 4.90 Å². The number of nitrogens with zero attached hydrogens (tertiary/aromatic N) is 1. The van der Waals surface area contributed by atoms with Gasteiger partial charge in [-0.05, 0) is 66.3 Å². The quantitative estimate of drug-likeness (QED) is 0.626. The first-order chi connectivity index (χ1) is 11.8. The van der Waals surface area contributed by atoms with Crippen LogP contribution in [-0.2, 0) is 14.8 Å². The molecular weight excluding hydrogens is 451 g/mol. The highest BCUT2D eigenvalue weighted by Gasteiger charge is 2.20. The van der Waals surface area contributed by atoms with Crippen molar-refractivity contribution in [3.8, 4) is 0 Å². The molecule has 5 nitrogen and oxygen atoms in total. The lowest BCUT2D eigenvalue weighted by atomic mass is 10.2. The molecule has 2 aromatic rings. The molecule has 0 bridgehead atoms. The van der Waals surface area contributed by atoms with Crippen LogP contribution in [0.5, 0.6) is 0 Å². The van der Waals surface area contributed by atoms with E-state index in [1.54, 1.807) is 24.3 Å². The van der Waals surface area contributed by atoms with Crippen LogP contribution in [-0.4, -0.2) is 32.2 Å². The van der Waals surface area contributed by atoms with E-state index in [4.69, 9.17) is 0 Å². The minimum atomic E-state index is -3.52. The molecule has 1 N–H and O–H groups in total. The molecule has 0 heterocycles. The van der Waals surface area contributed by atoms with Crippen molar-refractivity contribution < 1.29 is 13.2 Å². The number of amides is 1. The zero-order valence-corrected chi connectivity index (χ0v) is 17.2. The summed E-state index contributed by atoms with van der Waals surface area (Å²) in [6.45, 7) is 2.20. The summed E-state index contributed by atoms with van der Waals surface area (Å²) in [5.74, 6) is -0.122. The fraction of sp³-hybridized carbons (Fsp3) is 0.278. The number of benzene rings is 2. The molecule has 0 atom stereocenters. The monoisotopic (exact) mass is 472 g/mol. The molecule has 0 spiro atoms. The zero-order chi connectivity index (χ0) is 18.4. The van der Waals surface area contributed by atoms with Gasteiger partial charge in [0, 0.05) is 29.3 Å². The van der Waals surface area contributed by atoms with Crippen LogP contribution >= 0.6 is 22.6 Å². The Morgan fingerprint density at radius 1 is 1.16 bits per heavy atom. The third-order valence-electron chi connectivity index (χ3n) is 3.71. The van der Waals surface area contributed by atoms with Gasteiger partial charge in [0.15, 0.2) is 0 Å². The zero-order valence-electron chi connectivity index (χ0n) is 14.2. The summed E-state index contributed by atoms with van der Waals surface area (Å²) >= 11 is 2.18. The largest absolute Gasteiger partial charge is 0.326 e. The maximum atomic E-state index is 12.5. The van der Waals surface area contributed by atoms with Gasteiger partial charge >= 0.3 is 0 Å². The molecule has 1 amide bonds. The number of anilines is 1. The van der Waals surface area contributed by atoms with Crippen molar-refractivity contribution in [1.82, 2.24) is 4.31 Å². The maximum absolute atomic E-state index is 12.5. The number of nitrogens with one attached hydrogen (secondary N) is 1. The molecule has 2 aromatic carbocycles. The van der Waals surface area contributed by atoms with Crippen LogP contribution in [0.4, 0.5) is 5.69 Å². The minimum absolute atomic E-state index is 0.122. The van der Waals surface area contributed by atoms with Crippen LogP contribution in [0.1, 0.15) is 18.4 Å². The fourth-order valence-electron chi connectivity index (χ4n) is 2.26. The van der Waals surface area contributed by atoms with E-state index in [-0.39, 0.29) is 23.8 Å². The average molecular weight is 472 g/mol. The van der Waals surface area contributed by atoms with E-state index in [0.717, 1.165) is 14.8 Å². The molecule has 0 aliphatic carbocycles. The molecule has 0 saturated carbocycles. The molecule has 0 aliphatic heterocycles. The Labute approximate surface area is 162 Å². The Morgan fingerprint density at radius 2 is 1.84 bits per heavy atom. The lowest BCUT2D eigenvalue weighted by Gasteiger charge is -2.17. The number of hydrogen-bond donors (Lipinski definition) is 1. The molecule has 0 radical (unpaired) electrons. The van der Waals surface area contributed by atoms with Crippen molar-refractivity contribution in [1.29, 1.82) is 0 Å². The van der Waals surface area contributed by atoms with Gasteiger partial charge in [-0.15, -0.1) is 0 Å². The van der Waals surface area contributed by atoms with Crippen LogP contribution in [0, 0.1) is 10.5 Å². The number of hydrogen-bond acceptors (Lipinski definition) is 3. The molecule has 0 aliphatic rings. The van der Waals surface area contributed by atoms with Crippen LogP contribution in [0.25, 0.3) is 0 Å². The first-order valence-corrected chi connectivity index (χ1v) is 10.4. The van der Waals surface area contributed by atoms with Crippen molar-refractivity contribution in [2.75, 3.05) is 18.9 Å². The Hall–Kier alpha value is -1.45. The van der Waals surface area contributed by atoms with Crippen LogP contribution in [0.3, 0.4) is 0 Å². The second kappa shape index (κ2) is 8.77. The third kappa shape index (κ3) is 5.79. The summed E-state index contributed by atoms with van der Waals surface area (Å²) in [5.41, 5.74) is 1.76. The highest BCUT2D eigenvalue weighted by atomic mass is 127. The molecule has 0 aromatic heterocycles. The van der Waals surface area contributed by atoms with Gasteiger partial charge in [-0.2, -0.15) is 0 Å². The molecule has 0 fully saturated rings. The normalized spacial score (nSPS) is 11.5. The topological polar surface area (TPSA) is 66.5 Å². The van der Waals surface area contributed by atoms with Gasteiger partial charge in [0.1, 0.15) is 0 Å². The third-order valence-corrected chi connectivity index (χ3v) is 6.26. The van der Waals surface area contributed by atoms with E-state index in [1.807, 2.05) is 31.2 Å². The van der Waals surface area contributed by atoms with Gasteiger partial charge in [-0.1, -0.05) is 23.8 Å². The van der Waals surface area contributed by atoms with E-state index >= 15 is 0 Å². The standard InChI is InChI=1S/C18H21IN2O3S/c1-14-8-10-17(11-9-14)25(23,24)21(2)12-4-7-18(22)20-16-6-3-5-15(19)13-16/h3,5-6,8-11,13H,4,7,12H2,1-2H3,(H,20,22). The number of halogens is 1. The first kappa shape index (κ1) is 19.9. The van der Waals surface area contributed by atoms with E-state index in [0.29, 0.717) is 6.42 Å². The first-order valence-electron chi connectivity index (χ1n) is 7.87. The lowest BCUT2D eigenvalue weighted by molar-refractivity contribution is -0.116. The fourth-order valence-corrected chi connectivity index (χ4v) is 4.01. The lowest BCUT2D eigenvalue weighted by Crippen LogP contribution is -2.28. The number of rotatable bonds is 7. The predicted octanol–water partition coefficient (Wildman–Crippen LogP) is 3.64. The average Bonchev–Trinajstić information content (AvgIpc) is 2.55. The maximum Gasteiger partial charge on any atom is 0.242 e. The highest BCUT2D eigenvalue weighted by molar-refractivity contribution is 14.1. The van der Waals surface area contributed by atoms with Crippen LogP contribution < -0.4 is 5.32 Å². The molecular formula is C18H21IN2O3S. The Morgan fingerprint density at radius 3 is 2.48 bits per heavy atom. The SMILES string of the molecule is Cc1ccc(S(=O)(=O)N(C)CCCC(=O)Nc2cccc(I)c2)cc1. The van der Waals surface area contributed by atoms with Crippen molar-refractivity contribution in [2.24, 2.45) is 0 Å². The Balaban J connectivity index is 1.86. The summed E-state index contributed by atoms with van der Waals surface area (Å²) in [6.07, 6.45) is 0.719.